The third-order valence-corrected chi connectivity index (χ3v) is 4.32. The molecule has 1 aliphatic rings. The Bertz CT molecular complexity index is 499. The van der Waals surface area contributed by atoms with Gasteiger partial charge in [-0.1, -0.05) is 25.0 Å². The highest BCUT2D eigenvalue weighted by atomic mass is 19.3. The third kappa shape index (κ3) is 3.74. The molecule has 4 nitrogen and oxygen atoms in total. The second-order valence-electron chi connectivity index (χ2n) is 5.88. The maximum atomic E-state index is 12.6. The minimum atomic E-state index is -2.83. The molecule has 0 spiro atoms. The summed E-state index contributed by atoms with van der Waals surface area (Å²) in [6.07, 6.45) is 3.76. The number of nitrogens with zero attached hydrogens (tertiary/aromatic N) is 1. The van der Waals surface area contributed by atoms with Gasteiger partial charge >= 0.3 is 6.61 Å². The summed E-state index contributed by atoms with van der Waals surface area (Å²) in [6.45, 7) is -2.03. The van der Waals surface area contributed by atoms with Gasteiger partial charge in [0.25, 0.3) is 0 Å². The molecule has 0 bridgehead atoms. The van der Waals surface area contributed by atoms with Gasteiger partial charge in [-0.2, -0.15) is 8.78 Å². The summed E-state index contributed by atoms with van der Waals surface area (Å²) in [7, 11) is 1.75. The fraction of sp³-hybridized carbons (Fsp3) is 0.562. The molecule has 2 rings (SSSR count). The minimum Gasteiger partial charge on any atom is -0.435 e. The predicted octanol–water partition coefficient (Wildman–Crippen LogP) is 2.77. The van der Waals surface area contributed by atoms with Crippen molar-refractivity contribution < 1.29 is 18.3 Å². The smallest absolute Gasteiger partial charge is 0.387 e. The Balaban J connectivity index is 1.99. The van der Waals surface area contributed by atoms with Crippen LogP contribution in [0.1, 0.15) is 31.2 Å². The zero-order valence-electron chi connectivity index (χ0n) is 12.7. The topological polar surface area (TPSA) is 55.6 Å². The molecule has 22 heavy (non-hydrogen) atoms. The van der Waals surface area contributed by atoms with E-state index in [0.29, 0.717) is 13.1 Å². The SMILES string of the molecule is CN(Cc1ccc(OC(F)F)cc1)C(=O)C1(CN)CCCC1. The van der Waals surface area contributed by atoms with Crippen molar-refractivity contribution in [2.24, 2.45) is 11.1 Å². The van der Waals surface area contributed by atoms with Crippen molar-refractivity contribution >= 4 is 5.91 Å². The van der Waals surface area contributed by atoms with Crippen LogP contribution in [0.15, 0.2) is 24.3 Å². The first-order chi connectivity index (χ1) is 10.5. The summed E-state index contributed by atoms with van der Waals surface area (Å²) in [6, 6.07) is 6.33. The zero-order valence-corrected chi connectivity index (χ0v) is 12.7. The van der Waals surface area contributed by atoms with Gasteiger partial charge < -0.3 is 15.4 Å². The van der Waals surface area contributed by atoms with Crippen LogP contribution in [0, 0.1) is 5.41 Å². The Morgan fingerprint density at radius 2 is 1.91 bits per heavy atom. The van der Waals surface area contributed by atoms with Gasteiger partial charge in [0.2, 0.25) is 5.91 Å². The monoisotopic (exact) mass is 312 g/mol. The van der Waals surface area contributed by atoms with E-state index < -0.39 is 12.0 Å². The van der Waals surface area contributed by atoms with Gasteiger partial charge in [0.05, 0.1) is 5.41 Å². The average Bonchev–Trinajstić information content (AvgIpc) is 2.98. The Morgan fingerprint density at radius 3 is 2.41 bits per heavy atom. The highest BCUT2D eigenvalue weighted by molar-refractivity contribution is 5.83. The van der Waals surface area contributed by atoms with Crippen LogP contribution in [0.4, 0.5) is 8.78 Å². The Kier molecular flexibility index (Phi) is 5.34. The average molecular weight is 312 g/mol. The van der Waals surface area contributed by atoms with E-state index >= 15 is 0 Å². The number of halogens is 2. The minimum absolute atomic E-state index is 0.0698. The molecule has 1 aromatic rings. The van der Waals surface area contributed by atoms with Gasteiger partial charge in [-0.05, 0) is 30.5 Å². The van der Waals surface area contributed by atoms with E-state index in [1.807, 2.05) is 0 Å². The predicted molar refractivity (Wildman–Crippen MR) is 79.5 cm³/mol. The molecule has 2 N–H and O–H groups in total. The lowest BCUT2D eigenvalue weighted by Gasteiger charge is -2.31. The van der Waals surface area contributed by atoms with Crippen LogP contribution in [-0.2, 0) is 11.3 Å². The van der Waals surface area contributed by atoms with Crippen molar-refractivity contribution in [1.29, 1.82) is 0 Å². The molecule has 0 heterocycles. The first-order valence-corrected chi connectivity index (χ1v) is 7.46. The van der Waals surface area contributed by atoms with Crippen LogP contribution in [0.2, 0.25) is 0 Å². The highest BCUT2D eigenvalue weighted by Gasteiger charge is 2.41. The fourth-order valence-electron chi connectivity index (χ4n) is 3.08. The number of ether oxygens (including phenoxy) is 1. The molecule has 0 aromatic heterocycles. The van der Waals surface area contributed by atoms with E-state index in [0.717, 1.165) is 31.2 Å². The number of carbonyl (C=O) groups excluding carboxylic acids is 1. The standard InChI is InChI=1S/C16H22F2N2O2/c1-20(14(21)16(11-19)8-2-3-9-16)10-12-4-6-13(7-5-12)22-15(17)18/h4-7,15H,2-3,8-11,19H2,1H3. The molecule has 1 amide bonds. The normalized spacial score (nSPS) is 16.8. The summed E-state index contributed by atoms with van der Waals surface area (Å²) < 4.78 is 28.5. The lowest BCUT2D eigenvalue weighted by Crippen LogP contribution is -2.44. The highest BCUT2D eigenvalue weighted by Crippen LogP contribution is 2.38. The summed E-state index contributed by atoms with van der Waals surface area (Å²) in [5, 5.41) is 0. The Labute approximate surface area is 129 Å². The van der Waals surface area contributed by atoms with Crippen LogP contribution in [0.25, 0.3) is 0 Å². The third-order valence-electron chi connectivity index (χ3n) is 4.32. The molecule has 6 heteroatoms. The molecule has 0 atom stereocenters. The number of rotatable bonds is 6. The quantitative estimate of drug-likeness (QED) is 0.879. The Hall–Kier alpha value is -1.69. The van der Waals surface area contributed by atoms with Crippen molar-refractivity contribution in [2.45, 2.75) is 38.8 Å². The molecule has 0 radical (unpaired) electrons. The van der Waals surface area contributed by atoms with Gasteiger partial charge in [0.1, 0.15) is 5.75 Å². The van der Waals surface area contributed by atoms with Crippen LogP contribution < -0.4 is 10.5 Å². The molecule has 1 aromatic carbocycles. The number of carbonyl (C=O) groups is 1. The van der Waals surface area contributed by atoms with Crippen LogP contribution >= 0.6 is 0 Å². The van der Waals surface area contributed by atoms with E-state index in [-0.39, 0.29) is 11.7 Å². The van der Waals surface area contributed by atoms with E-state index in [1.165, 1.54) is 12.1 Å². The summed E-state index contributed by atoms with van der Waals surface area (Å²) in [5.41, 5.74) is 6.27. The number of amides is 1. The fourth-order valence-corrected chi connectivity index (χ4v) is 3.08. The number of hydrogen-bond acceptors (Lipinski definition) is 3. The number of hydrogen-bond donors (Lipinski definition) is 1. The van der Waals surface area contributed by atoms with E-state index in [2.05, 4.69) is 4.74 Å². The van der Waals surface area contributed by atoms with Gasteiger partial charge in [-0.15, -0.1) is 0 Å². The van der Waals surface area contributed by atoms with Crippen molar-refractivity contribution in [1.82, 2.24) is 4.90 Å². The van der Waals surface area contributed by atoms with Crippen molar-refractivity contribution in [3.8, 4) is 5.75 Å². The maximum Gasteiger partial charge on any atom is 0.387 e. The second kappa shape index (κ2) is 7.05. The number of nitrogens with two attached hydrogens (primary N) is 1. The molecule has 122 valence electrons. The molecule has 0 aliphatic heterocycles. The van der Waals surface area contributed by atoms with E-state index in [1.54, 1.807) is 24.1 Å². The molecule has 0 unspecified atom stereocenters. The molecular weight excluding hydrogens is 290 g/mol. The molecular formula is C16H22F2N2O2. The van der Waals surface area contributed by atoms with Crippen molar-refractivity contribution in [2.75, 3.05) is 13.6 Å². The van der Waals surface area contributed by atoms with Gasteiger partial charge in [-0.25, -0.2) is 0 Å². The largest absolute Gasteiger partial charge is 0.435 e. The van der Waals surface area contributed by atoms with Crippen LogP contribution in [0.3, 0.4) is 0 Å². The molecule has 1 saturated carbocycles. The molecule has 1 fully saturated rings. The van der Waals surface area contributed by atoms with Crippen molar-refractivity contribution in [3.05, 3.63) is 29.8 Å². The Morgan fingerprint density at radius 1 is 1.32 bits per heavy atom. The maximum absolute atomic E-state index is 12.6. The molecule has 1 aliphatic carbocycles. The van der Waals surface area contributed by atoms with E-state index in [4.69, 9.17) is 5.73 Å². The van der Waals surface area contributed by atoms with Gasteiger partial charge in [0.15, 0.2) is 0 Å². The lowest BCUT2D eigenvalue weighted by atomic mass is 9.84. The van der Waals surface area contributed by atoms with Gasteiger partial charge in [0, 0.05) is 20.1 Å². The zero-order chi connectivity index (χ0) is 16.2. The number of benzene rings is 1. The molecule has 0 saturated heterocycles. The van der Waals surface area contributed by atoms with Gasteiger partial charge in [-0.3, -0.25) is 4.79 Å². The van der Waals surface area contributed by atoms with Crippen LogP contribution in [0.5, 0.6) is 5.75 Å². The summed E-state index contributed by atoms with van der Waals surface area (Å²) >= 11 is 0. The first kappa shape index (κ1) is 16.7. The summed E-state index contributed by atoms with van der Waals surface area (Å²) in [4.78, 5) is 14.3. The second-order valence-corrected chi connectivity index (χ2v) is 5.88. The van der Waals surface area contributed by atoms with Crippen molar-refractivity contribution in [3.63, 3.8) is 0 Å². The van der Waals surface area contributed by atoms with Crippen LogP contribution in [-0.4, -0.2) is 31.0 Å². The summed E-state index contributed by atoms with van der Waals surface area (Å²) in [5.74, 6) is 0.183. The first-order valence-electron chi connectivity index (χ1n) is 7.46. The number of alkyl halides is 2. The lowest BCUT2D eigenvalue weighted by molar-refractivity contribution is -0.140. The van der Waals surface area contributed by atoms with E-state index in [9.17, 15) is 13.6 Å².